The predicted molar refractivity (Wildman–Crippen MR) is 108 cm³/mol. The Morgan fingerprint density at radius 2 is 2.03 bits per heavy atom. The molecule has 1 amide bonds. The molecule has 4 rings (SSSR count). The van der Waals surface area contributed by atoms with E-state index in [-0.39, 0.29) is 18.0 Å². The van der Waals surface area contributed by atoms with E-state index < -0.39 is 5.82 Å². The predicted octanol–water partition coefficient (Wildman–Crippen LogP) is 3.34. The number of nitrogens with zero attached hydrogens (tertiary/aromatic N) is 5. The van der Waals surface area contributed by atoms with Gasteiger partial charge in [-0.15, -0.1) is 16.4 Å². The lowest BCUT2D eigenvalue weighted by Crippen LogP contribution is -2.15. The van der Waals surface area contributed by atoms with E-state index in [9.17, 15) is 9.18 Å². The summed E-state index contributed by atoms with van der Waals surface area (Å²) in [5, 5.41) is 16.7. The van der Waals surface area contributed by atoms with Crippen LogP contribution in [-0.4, -0.2) is 31.1 Å². The van der Waals surface area contributed by atoms with Crippen LogP contribution in [0.15, 0.2) is 53.9 Å². The zero-order valence-corrected chi connectivity index (χ0v) is 16.4. The van der Waals surface area contributed by atoms with Crippen molar-refractivity contribution in [1.29, 1.82) is 0 Å². The minimum atomic E-state index is -0.483. The largest absolute Gasteiger partial charge is 0.326 e. The van der Waals surface area contributed by atoms with Gasteiger partial charge in [-0.2, -0.15) is 4.68 Å². The minimum absolute atomic E-state index is 0.141. The molecule has 0 aliphatic carbocycles. The highest BCUT2D eigenvalue weighted by molar-refractivity contribution is 7.09. The first kappa shape index (κ1) is 18.9. The van der Waals surface area contributed by atoms with Gasteiger partial charge >= 0.3 is 0 Å². The molecule has 0 saturated carbocycles. The number of carbonyl (C=O) groups excluding carboxylic acids is 1. The van der Waals surface area contributed by atoms with E-state index in [0.29, 0.717) is 17.2 Å². The summed E-state index contributed by atoms with van der Waals surface area (Å²) in [6.07, 6.45) is 0.877. The van der Waals surface area contributed by atoms with Crippen molar-refractivity contribution in [3.63, 3.8) is 0 Å². The number of hydrogen-bond donors (Lipinski definition) is 1. The fourth-order valence-corrected chi connectivity index (χ4v) is 3.69. The summed E-state index contributed by atoms with van der Waals surface area (Å²) in [7, 11) is 0. The van der Waals surface area contributed by atoms with Crippen LogP contribution in [0.2, 0.25) is 0 Å². The first-order valence-corrected chi connectivity index (χ1v) is 9.78. The number of anilines is 1. The van der Waals surface area contributed by atoms with Gasteiger partial charge in [0.1, 0.15) is 11.5 Å². The molecular formula is C20H17FN6OS. The average molecular weight is 408 g/mol. The summed E-state index contributed by atoms with van der Waals surface area (Å²) in [6.45, 7) is 1.67. The van der Waals surface area contributed by atoms with Gasteiger partial charge < -0.3 is 5.32 Å². The molecule has 0 atom stereocenters. The second kappa shape index (κ2) is 8.27. The third kappa shape index (κ3) is 4.52. The number of amides is 1. The zero-order chi connectivity index (χ0) is 20.2. The molecule has 9 heteroatoms. The summed E-state index contributed by atoms with van der Waals surface area (Å²) in [6, 6.07) is 14.3. The molecule has 0 bridgehead atoms. The Balaban J connectivity index is 1.42. The molecule has 0 aliphatic rings. The Bertz CT molecular complexity index is 1140. The molecular weight excluding hydrogens is 391 g/mol. The first-order chi connectivity index (χ1) is 14.1. The molecule has 29 heavy (non-hydrogen) atoms. The van der Waals surface area contributed by atoms with Crippen LogP contribution in [0.1, 0.15) is 22.1 Å². The molecule has 146 valence electrons. The third-order valence-electron chi connectivity index (χ3n) is 4.22. The van der Waals surface area contributed by atoms with Crippen LogP contribution in [-0.2, 0) is 17.6 Å². The van der Waals surface area contributed by atoms with Crippen molar-refractivity contribution in [2.75, 3.05) is 5.32 Å². The van der Waals surface area contributed by atoms with Crippen molar-refractivity contribution < 1.29 is 9.18 Å². The van der Waals surface area contributed by atoms with Crippen molar-refractivity contribution in [2.24, 2.45) is 0 Å². The van der Waals surface area contributed by atoms with E-state index in [2.05, 4.69) is 25.8 Å². The van der Waals surface area contributed by atoms with Crippen LogP contribution in [0, 0.1) is 12.7 Å². The Morgan fingerprint density at radius 3 is 2.79 bits per heavy atom. The topological polar surface area (TPSA) is 85.6 Å². The molecule has 0 spiro atoms. The number of nitrogens with one attached hydrogen (secondary N) is 1. The molecule has 2 aromatic carbocycles. The Morgan fingerprint density at radius 1 is 1.21 bits per heavy atom. The smallest absolute Gasteiger partial charge is 0.230 e. The Kier molecular flexibility index (Phi) is 5.39. The molecule has 0 fully saturated rings. The van der Waals surface area contributed by atoms with E-state index in [4.69, 9.17) is 0 Å². The number of aromatic nitrogens is 5. The number of hydrogen-bond acceptors (Lipinski definition) is 6. The van der Waals surface area contributed by atoms with E-state index in [1.54, 1.807) is 6.92 Å². The quantitative estimate of drug-likeness (QED) is 0.529. The zero-order valence-electron chi connectivity index (χ0n) is 15.5. The fourth-order valence-electron chi connectivity index (χ4n) is 2.86. The van der Waals surface area contributed by atoms with Gasteiger partial charge in [0.15, 0.2) is 5.82 Å². The van der Waals surface area contributed by atoms with Crippen LogP contribution < -0.4 is 5.32 Å². The number of rotatable bonds is 6. The maximum Gasteiger partial charge on any atom is 0.230 e. The van der Waals surface area contributed by atoms with Crippen molar-refractivity contribution in [2.45, 2.75) is 19.8 Å². The average Bonchev–Trinajstić information content (AvgIpc) is 3.33. The van der Waals surface area contributed by atoms with Gasteiger partial charge in [0, 0.05) is 17.5 Å². The lowest BCUT2D eigenvalue weighted by molar-refractivity contribution is -0.115. The van der Waals surface area contributed by atoms with E-state index in [1.165, 1.54) is 39.8 Å². The molecule has 0 saturated heterocycles. The fraction of sp³-hybridized carbons (Fsp3) is 0.150. The normalized spacial score (nSPS) is 10.8. The summed E-state index contributed by atoms with van der Waals surface area (Å²) in [5.41, 5.74) is 2.51. The SMILES string of the molecule is Cc1nnnn1-c1cc(NC(=O)Cc2csc(Cc3ccccc3)n2)ccc1F. The van der Waals surface area contributed by atoms with Gasteiger partial charge in [0.25, 0.3) is 0 Å². The summed E-state index contributed by atoms with van der Waals surface area (Å²) < 4.78 is 15.4. The standard InChI is InChI=1S/C20H17FN6OS/c1-13-24-25-26-27(13)18-10-15(7-8-17(18)21)22-19(28)11-16-12-29-20(23-16)9-14-5-3-2-4-6-14/h2-8,10,12H,9,11H2,1H3,(H,22,28). The first-order valence-electron chi connectivity index (χ1n) is 8.90. The van der Waals surface area contributed by atoms with Gasteiger partial charge in [-0.25, -0.2) is 9.37 Å². The number of aryl methyl sites for hydroxylation is 1. The molecule has 2 aromatic heterocycles. The third-order valence-corrected chi connectivity index (χ3v) is 5.12. The van der Waals surface area contributed by atoms with Crippen LogP contribution in [0.25, 0.3) is 5.69 Å². The van der Waals surface area contributed by atoms with Gasteiger partial charge in [-0.05, 0) is 41.1 Å². The number of halogens is 1. The maximum absolute atomic E-state index is 14.1. The van der Waals surface area contributed by atoms with Gasteiger partial charge in [0.05, 0.1) is 17.1 Å². The minimum Gasteiger partial charge on any atom is -0.326 e. The van der Waals surface area contributed by atoms with Crippen LogP contribution in [0.5, 0.6) is 0 Å². The van der Waals surface area contributed by atoms with Crippen LogP contribution in [0.3, 0.4) is 0 Å². The van der Waals surface area contributed by atoms with Gasteiger partial charge in [0.2, 0.25) is 5.91 Å². The van der Waals surface area contributed by atoms with Crippen molar-refractivity contribution >= 4 is 22.9 Å². The van der Waals surface area contributed by atoms with Crippen molar-refractivity contribution in [3.8, 4) is 5.69 Å². The second-order valence-electron chi connectivity index (χ2n) is 6.42. The monoisotopic (exact) mass is 408 g/mol. The van der Waals surface area contributed by atoms with E-state index >= 15 is 0 Å². The summed E-state index contributed by atoms with van der Waals surface area (Å²) in [4.78, 5) is 16.9. The Hall–Kier alpha value is -3.46. The number of thiazole rings is 1. The van der Waals surface area contributed by atoms with Crippen molar-refractivity contribution in [3.05, 3.63) is 81.8 Å². The van der Waals surface area contributed by atoms with Crippen LogP contribution in [0.4, 0.5) is 10.1 Å². The van der Waals surface area contributed by atoms with E-state index in [1.807, 2.05) is 35.7 Å². The Labute approximate surface area is 170 Å². The van der Waals surface area contributed by atoms with Gasteiger partial charge in [-0.1, -0.05) is 30.3 Å². The molecule has 7 nitrogen and oxygen atoms in total. The highest BCUT2D eigenvalue weighted by Gasteiger charge is 2.13. The number of benzene rings is 2. The molecule has 4 aromatic rings. The highest BCUT2D eigenvalue weighted by atomic mass is 32.1. The molecule has 2 heterocycles. The van der Waals surface area contributed by atoms with Gasteiger partial charge in [-0.3, -0.25) is 4.79 Å². The van der Waals surface area contributed by atoms with Crippen LogP contribution >= 0.6 is 11.3 Å². The molecule has 0 aliphatic heterocycles. The summed E-state index contributed by atoms with van der Waals surface area (Å²) >= 11 is 1.53. The van der Waals surface area contributed by atoms with Crippen molar-refractivity contribution in [1.82, 2.24) is 25.2 Å². The second-order valence-corrected chi connectivity index (χ2v) is 7.37. The lowest BCUT2D eigenvalue weighted by Gasteiger charge is -2.08. The number of tetrazole rings is 1. The molecule has 0 radical (unpaired) electrons. The number of carbonyl (C=O) groups is 1. The lowest BCUT2D eigenvalue weighted by atomic mass is 10.2. The molecule has 0 unspecified atom stereocenters. The maximum atomic E-state index is 14.1. The molecule has 1 N–H and O–H groups in total. The summed E-state index contributed by atoms with van der Waals surface area (Å²) in [5.74, 6) is -0.267. The van der Waals surface area contributed by atoms with E-state index in [0.717, 1.165) is 11.4 Å². The highest BCUT2D eigenvalue weighted by Crippen LogP contribution is 2.20.